The molecule has 0 aliphatic rings. The Balaban J connectivity index is 1.86. The Bertz CT molecular complexity index is 726. The van der Waals surface area contributed by atoms with E-state index in [-0.39, 0.29) is 0 Å². The number of aromatic nitrogens is 2. The molecular formula is C18H19N3. The van der Waals surface area contributed by atoms with Gasteiger partial charge in [0, 0.05) is 25.5 Å². The first-order chi connectivity index (χ1) is 10.3. The van der Waals surface area contributed by atoms with Crippen LogP contribution in [0.25, 0.3) is 11.1 Å². The summed E-state index contributed by atoms with van der Waals surface area (Å²) in [4.78, 5) is 4.25. The SMILES string of the molecule is Cc1nccn1Cc1ccc(-c2ccccc2CN)cc1. The van der Waals surface area contributed by atoms with Crippen LogP contribution in [0.4, 0.5) is 0 Å². The summed E-state index contributed by atoms with van der Waals surface area (Å²) in [6, 6.07) is 16.9. The van der Waals surface area contributed by atoms with Crippen LogP contribution in [-0.4, -0.2) is 9.55 Å². The van der Waals surface area contributed by atoms with Crippen molar-refractivity contribution in [1.29, 1.82) is 0 Å². The van der Waals surface area contributed by atoms with Gasteiger partial charge in [-0.1, -0.05) is 48.5 Å². The second-order valence-electron chi connectivity index (χ2n) is 5.16. The minimum Gasteiger partial charge on any atom is -0.331 e. The van der Waals surface area contributed by atoms with E-state index in [9.17, 15) is 0 Å². The van der Waals surface area contributed by atoms with Crippen molar-refractivity contribution in [2.75, 3.05) is 0 Å². The zero-order valence-corrected chi connectivity index (χ0v) is 12.2. The van der Waals surface area contributed by atoms with Gasteiger partial charge in [-0.3, -0.25) is 0 Å². The Hall–Kier alpha value is -2.39. The van der Waals surface area contributed by atoms with E-state index in [1.165, 1.54) is 22.3 Å². The van der Waals surface area contributed by atoms with Crippen LogP contribution in [0.3, 0.4) is 0 Å². The van der Waals surface area contributed by atoms with Crippen LogP contribution in [0.15, 0.2) is 60.9 Å². The molecule has 21 heavy (non-hydrogen) atoms. The maximum absolute atomic E-state index is 5.81. The van der Waals surface area contributed by atoms with Crippen LogP contribution in [0, 0.1) is 6.92 Å². The monoisotopic (exact) mass is 277 g/mol. The van der Waals surface area contributed by atoms with Gasteiger partial charge in [-0.2, -0.15) is 0 Å². The summed E-state index contributed by atoms with van der Waals surface area (Å²) in [6.45, 7) is 3.43. The van der Waals surface area contributed by atoms with Gasteiger partial charge in [-0.05, 0) is 29.2 Å². The highest BCUT2D eigenvalue weighted by Gasteiger charge is 2.04. The first kappa shape index (κ1) is 13.6. The molecule has 106 valence electrons. The van der Waals surface area contributed by atoms with E-state index in [1.807, 2.05) is 25.4 Å². The molecule has 2 N–H and O–H groups in total. The standard InChI is InChI=1S/C18H19N3/c1-14-20-10-11-21(14)13-15-6-8-16(9-7-15)18-5-3-2-4-17(18)12-19/h2-11H,12-13,19H2,1H3. The Kier molecular flexibility index (Phi) is 3.84. The molecule has 0 saturated carbocycles. The maximum Gasteiger partial charge on any atom is 0.105 e. The number of rotatable bonds is 4. The lowest BCUT2D eigenvalue weighted by Gasteiger charge is -2.10. The fourth-order valence-corrected chi connectivity index (χ4v) is 2.54. The summed E-state index contributed by atoms with van der Waals surface area (Å²) < 4.78 is 2.14. The molecule has 0 fully saturated rings. The third-order valence-electron chi connectivity index (χ3n) is 3.78. The Morgan fingerprint density at radius 2 is 1.81 bits per heavy atom. The Labute approximate surface area is 125 Å². The molecule has 3 rings (SSSR count). The van der Waals surface area contributed by atoms with Crippen molar-refractivity contribution in [2.24, 2.45) is 5.73 Å². The summed E-state index contributed by atoms with van der Waals surface area (Å²) in [7, 11) is 0. The van der Waals surface area contributed by atoms with Gasteiger partial charge in [0.05, 0.1) is 0 Å². The van der Waals surface area contributed by atoms with E-state index in [0.29, 0.717) is 6.54 Å². The lowest BCUT2D eigenvalue weighted by Crippen LogP contribution is -2.01. The average molecular weight is 277 g/mol. The van der Waals surface area contributed by atoms with Gasteiger partial charge < -0.3 is 10.3 Å². The molecule has 1 heterocycles. The zero-order chi connectivity index (χ0) is 14.7. The average Bonchev–Trinajstić information content (AvgIpc) is 2.93. The highest BCUT2D eigenvalue weighted by atomic mass is 15.0. The first-order valence-electron chi connectivity index (χ1n) is 7.13. The van der Waals surface area contributed by atoms with E-state index in [0.717, 1.165) is 12.4 Å². The highest BCUT2D eigenvalue weighted by molar-refractivity contribution is 5.67. The van der Waals surface area contributed by atoms with E-state index in [2.05, 4.69) is 52.0 Å². The summed E-state index contributed by atoms with van der Waals surface area (Å²) in [5, 5.41) is 0. The van der Waals surface area contributed by atoms with Gasteiger partial charge in [0.2, 0.25) is 0 Å². The number of hydrogen-bond acceptors (Lipinski definition) is 2. The molecule has 0 radical (unpaired) electrons. The zero-order valence-electron chi connectivity index (χ0n) is 12.2. The number of nitrogens with zero attached hydrogens (tertiary/aromatic N) is 2. The quantitative estimate of drug-likeness (QED) is 0.794. The van der Waals surface area contributed by atoms with E-state index in [1.54, 1.807) is 0 Å². The maximum atomic E-state index is 5.81. The van der Waals surface area contributed by atoms with Crippen LogP contribution in [0.1, 0.15) is 17.0 Å². The molecule has 0 bridgehead atoms. The second kappa shape index (κ2) is 5.94. The van der Waals surface area contributed by atoms with Crippen molar-refractivity contribution >= 4 is 0 Å². The van der Waals surface area contributed by atoms with Gasteiger partial charge in [0.25, 0.3) is 0 Å². The summed E-state index contributed by atoms with van der Waals surface area (Å²) >= 11 is 0. The van der Waals surface area contributed by atoms with Crippen molar-refractivity contribution in [3.8, 4) is 11.1 Å². The molecule has 0 saturated heterocycles. The van der Waals surface area contributed by atoms with E-state index >= 15 is 0 Å². The van der Waals surface area contributed by atoms with E-state index in [4.69, 9.17) is 5.73 Å². The third kappa shape index (κ3) is 2.88. The van der Waals surface area contributed by atoms with Crippen molar-refractivity contribution in [3.05, 3.63) is 77.9 Å². The number of imidazole rings is 1. The van der Waals surface area contributed by atoms with Crippen LogP contribution >= 0.6 is 0 Å². The third-order valence-corrected chi connectivity index (χ3v) is 3.78. The van der Waals surface area contributed by atoms with Crippen molar-refractivity contribution < 1.29 is 0 Å². The first-order valence-corrected chi connectivity index (χ1v) is 7.13. The topological polar surface area (TPSA) is 43.8 Å². The smallest absolute Gasteiger partial charge is 0.105 e. The van der Waals surface area contributed by atoms with Gasteiger partial charge in [-0.15, -0.1) is 0 Å². The molecule has 3 heteroatoms. The van der Waals surface area contributed by atoms with Crippen molar-refractivity contribution in [2.45, 2.75) is 20.0 Å². The van der Waals surface area contributed by atoms with Crippen molar-refractivity contribution in [1.82, 2.24) is 9.55 Å². The van der Waals surface area contributed by atoms with Crippen LogP contribution in [-0.2, 0) is 13.1 Å². The summed E-state index contributed by atoms with van der Waals surface area (Å²) in [5.74, 6) is 1.03. The Morgan fingerprint density at radius 1 is 1.05 bits per heavy atom. The lowest BCUT2D eigenvalue weighted by atomic mass is 9.99. The Morgan fingerprint density at radius 3 is 2.48 bits per heavy atom. The number of nitrogens with two attached hydrogens (primary N) is 1. The molecule has 0 unspecified atom stereocenters. The fraction of sp³-hybridized carbons (Fsp3) is 0.167. The molecule has 0 atom stereocenters. The summed E-state index contributed by atoms with van der Waals surface area (Å²) in [5.41, 5.74) is 10.7. The molecule has 2 aromatic carbocycles. The molecule has 3 nitrogen and oxygen atoms in total. The molecule has 0 spiro atoms. The number of benzene rings is 2. The van der Waals surface area contributed by atoms with E-state index < -0.39 is 0 Å². The van der Waals surface area contributed by atoms with Gasteiger partial charge in [-0.25, -0.2) is 4.98 Å². The van der Waals surface area contributed by atoms with Crippen molar-refractivity contribution in [3.63, 3.8) is 0 Å². The van der Waals surface area contributed by atoms with Crippen LogP contribution in [0.5, 0.6) is 0 Å². The molecule has 1 aromatic heterocycles. The number of aryl methyl sites for hydroxylation is 1. The van der Waals surface area contributed by atoms with Crippen LogP contribution < -0.4 is 5.73 Å². The normalized spacial score (nSPS) is 10.8. The highest BCUT2D eigenvalue weighted by Crippen LogP contribution is 2.24. The van der Waals surface area contributed by atoms with Gasteiger partial charge in [0.15, 0.2) is 0 Å². The molecule has 0 aliphatic heterocycles. The summed E-state index contributed by atoms with van der Waals surface area (Å²) in [6.07, 6.45) is 3.84. The lowest BCUT2D eigenvalue weighted by molar-refractivity contribution is 0.762. The predicted molar refractivity (Wildman–Crippen MR) is 85.8 cm³/mol. The molecular weight excluding hydrogens is 258 g/mol. The van der Waals surface area contributed by atoms with Gasteiger partial charge in [0.1, 0.15) is 5.82 Å². The van der Waals surface area contributed by atoms with Crippen LogP contribution in [0.2, 0.25) is 0 Å². The molecule has 0 aliphatic carbocycles. The fourth-order valence-electron chi connectivity index (χ4n) is 2.54. The minimum atomic E-state index is 0.562. The largest absolute Gasteiger partial charge is 0.331 e. The number of hydrogen-bond donors (Lipinski definition) is 1. The molecule has 0 amide bonds. The second-order valence-corrected chi connectivity index (χ2v) is 5.16. The minimum absolute atomic E-state index is 0.562. The molecule has 3 aromatic rings. The van der Waals surface area contributed by atoms with Gasteiger partial charge >= 0.3 is 0 Å². The predicted octanol–water partition coefficient (Wildman–Crippen LogP) is 3.37.